The zero-order valence-corrected chi connectivity index (χ0v) is 11.7. The number of hydrogen-bond donors (Lipinski definition) is 2. The molecule has 0 spiro atoms. The number of para-hydroxylation sites is 1. The molecule has 6 heteroatoms. The molecule has 1 aliphatic heterocycles. The Morgan fingerprint density at radius 1 is 1.40 bits per heavy atom. The molecule has 6 nitrogen and oxygen atoms in total. The molecule has 1 aromatic rings. The average molecular weight is 277 g/mol. The molecule has 1 fully saturated rings. The summed E-state index contributed by atoms with van der Waals surface area (Å²) in [5, 5.41) is 12.5. The maximum Gasteiger partial charge on any atom is 0.320 e. The SMILES string of the molecule is CC(NC(=O)CN1CCN(C)C1=O)c1ccccc1O. The van der Waals surface area contributed by atoms with Crippen molar-refractivity contribution < 1.29 is 14.7 Å². The van der Waals surface area contributed by atoms with Gasteiger partial charge in [-0.2, -0.15) is 0 Å². The highest BCUT2D eigenvalue weighted by molar-refractivity contribution is 5.85. The fourth-order valence-corrected chi connectivity index (χ4v) is 2.24. The lowest BCUT2D eigenvalue weighted by molar-refractivity contribution is -0.122. The lowest BCUT2D eigenvalue weighted by atomic mass is 10.1. The number of phenolic OH excluding ortho intramolecular Hbond substituents is 1. The van der Waals surface area contributed by atoms with Gasteiger partial charge in [0, 0.05) is 25.7 Å². The molecule has 1 heterocycles. The van der Waals surface area contributed by atoms with Gasteiger partial charge in [0.15, 0.2) is 0 Å². The van der Waals surface area contributed by atoms with Gasteiger partial charge in [0.05, 0.1) is 6.04 Å². The Balaban J connectivity index is 1.92. The molecule has 1 atom stereocenters. The van der Waals surface area contributed by atoms with E-state index < -0.39 is 0 Å². The summed E-state index contributed by atoms with van der Waals surface area (Å²) in [6.45, 7) is 3.04. The molecular formula is C14H19N3O3. The van der Waals surface area contributed by atoms with Crippen LogP contribution in [0.4, 0.5) is 4.79 Å². The summed E-state index contributed by atoms with van der Waals surface area (Å²) in [4.78, 5) is 26.7. The van der Waals surface area contributed by atoms with Crippen LogP contribution in [0.2, 0.25) is 0 Å². The average Bonchev–Trinajstić information content (AvgIpc) is 2.71. The van der Waals surface area contributed by atoms with Crippen LogP contribution in [0.15, 0.2) is 24.3 Å². The second kappa shape index (κ2) is 5.81. The van der Waals surface area contributed by atoms with E-state index in [1.165, 1.54) is 4.90 Å². The van der Waals surface area contributed by atoms with Gasteiger partial charge in [-0.25, -0.2) is 4.79 Å². The van der Waals surface area contributed by atoms with Gasteiger partial charge in [0.1, 0.15) is 12.3 Å². The second-order valence-corrected chi connectivity index (χ2v) is 4.97. The standard InChI is InChI=1S/C14H19N3O3/c1-10(11-5-3-4-6-12(11)18)15-13(19)9-17-8-7-16(2)14(17)20/h3-6,10,18H,7-9H2,1-2H3,(H,15,19). The predicted molar refractivity (Wildman–Crippen MR) is 74.3 cm³/mol. The summed E-state index contributed by atoms with van der Waals surface area (Å²) in [5.41, 5.74) is 0.658. The number of nitrogens with zero attached hydrogens (tertiary/aromatic N) is 2. The second-order valence-electron chi connectivity index (χ2n) is 4.97. The summed E-state index contributed by atoms with van der Waals surface area (Å²) in [5.74, 6) is -0.0818. The Kier molecular flexibility index (Phi) is 4.12. The van der Waals surface area contributed by atoms with Crippen LogP contribution in [0.5, 0.6) is 5.75 Å². The number of carbonyl (C=O) groups is 2. The van der Waals surface area contributed by atoms with Gasteiger partial charge in [0.2, 0.25) is 5.91 Å². The molecule has 1 unspecified atom stereocenters. The molecule has 1 saturated heterocycles. The fourth-order valence-electron chi connectivity index (χ4n) is 2.24. The van der Waals surface area contributed by atoms with Gasteiger partial charge in [-0.3, -0.25) is 4.79 Å². The van der Waals surface area contributed by atoms with Crippen LogP contribution >= 0.6 is 0 Å². The summed E-state index contributed by atoms with van der Waals surface area (Å²) >= 11 is 0. The molecule has 3 amide bonds. The molecule has 0 radical (unpaired) electrons. The summed E-state index contributed by atoms with van der Waals surface area (Å²) in [6.07, 6.45) is 0. The number of amides is 3. The van der Waals surface area contributed by atoms with E-state index >= 15 is 0 Å². The Morgan fingerprint density at radius 3 is 2.70 bits per heavy atom. The Bertz CT molecular complexity index is 518. The third kappa shape index (κ3) is 3.01. The van der Waals surface area contributed by atoms with E-state index in [1.54, 1.807) is 43.1 Å². The third-order valence-corrected chi connectivity index (χ3v) is 3.42. The first kappa shape index (κ1) is 14.2. The molecule has 0 aliphatic carbocycles. The molecule has 0 saturated carbocycles. The van der Waals surface area contributed by atoms with Crippen molar-refractivity contribution in [3.63, 3.8) is 0 Å². The van der Waals surface area contributed by atoms with Crippen molar-refractivity contribution in [1.82, 2.24) is 15.1 Å². The lowest BCUT2D eigenvalue weighted by Gasteiger charge is -2.19. The van der Waals surface area contributed by atoms with Crippen LogP contribution in [0, 0.1) is 0 Å². The van der Waals surface area contributed by atoms with Gasteiger partial charge < -0.3 is 20.2 Å². The van der Waals surface area contributed by atoms with Crippen molar-refractivity contribution >= 4 is 11.9 Å². The first-order chi connectivity index (χ1) is 9.49. The first-order valence-electron chi connectivity index (χ1n) is 6.56. The van der Waals surface area contributed by atoms with Crippen LogP contribution in [0.25, 0.3) is 0 Å². The van der Waals surface area contributed by atoms with Gasteiger partial charge in [-0.1, -0.05) is 18.2 Å². The van der Waals surface area contributed by atoms with E-state index in [4.69, 9.17) is 0 Å². The molecule has 108 valence electrons. The number of hydrogen-bond acceptors (Lipinski definition) is 3. The molecule has 2 rings (SSSR count). The van der Waals surface area contributed by atoms with Crippen molar-refractivity contribution in [2.45, 2.75) is 13.0 Å². The lowest BCUT2D eigenvalue weighted by Crippen LogP contribution is -2.40. The largest absolute Gasteiger partial charge is 0.508 e. The van der Waals surface area contributed by atoms with E-state index in [0.717, 1.165) is 0 Å². The Hall–Kier alpha value is -2.24. The van der Waals surface area contributed by atoms with Crippen molar-refractivity contribution in [2.75, 3.05) is 26.7 Å². The van der Waals surface area contributed by atoms with E-state index in [-0.39, 0.29) is 30.3 Å². The highest BCUT2D eigenvalue weighted by Crippen LogP contribution is 2.22. The Labute approximate surface area is 118 Å². The minimum atomic E-state index is -0.306. The minimum Gasteiger partial charge on any atom is -0.508 e. The minimum absolute atomic E-state index is 0.0428. The number of likely N-dealkylation sites (N-methyl/N-ethyl adjacent to an activating group) is 1. The first-order valence-corrected chi connectivity index (χ1v) is 6.56. The van der Waals surface area contributed by atoms with Crippen LogP contribution in [0.3, 0.4) is 0 Å². The fraction of sp³-hybridized carbons (Fsp3) is 0.429. The smallest absolute Gasteiger partial charge is 0.320 e. The number of nitrogens with one attached hydrogen (secondary N) is 1. The summed E-state index contributed by atoms with van der Waals surface area (Å²) in [7, 11) is 1.71. The number of rotatable bonds is 4. The normalized spacial score (nSPS) is 16.4. The van der Waals surface area contributed by atoms with Crippen LogP contribution in [-0.2, 0) is 4.79 Å². The van der Waals surface area contributed by atoms with E-state index in [0.29, 0.717) is 18.7 Å². The van der Waals surface area contributed by atoms with Gasteiger partial charge in [0.25, 0.3) is 0 Å². The summed E-state index contributed by atoms with van der Waals surface area (Å²) in [6, 6.07) is 6.43. The molecule has 2 N–H and O–H groups in total. The molecule has 0 bridgehead atoms. The topological polar surface area (TPSA) is 72.9 Å². The number of urea groups is 1. The molecule has 20 heavy (non-hydrogen) atoms. The highest BCUT2D eigenvalue weighted by Gasteiger charge is 2.27. The summed E-state index contributed by atoms with van der Waals surface area (Å²) < 4.78 is 0. The molecule has 1 aromatic carbocycles. The zero-order valence-electron chi connectivity index (χ0n) is 11.7. The highest BCUT2D eigenvalue weighted by atomic mass is 16.3. The van der Waals surface area contributed by atoms with Crippen molar-refractivity contribution in [3.05, 3.63) is 29.8 Å². The number of carbonyl (C=O) groups excluding carboxylic acids is 2. The van der Waals surface area contributed by atoms with E-state index in [9.17, 15) is 14.7 Å². The maximum atomic E-state index is 11.9. The van der Waals surface area contributed by atoms with E-state index in [1.807, 2.05) is 0 Å². The number of phenols is 1. The van der Waals surface area contributed by atoms with Crippen LogP contribution in [-0.4, -0.2) is 53.5 Å². The van der Waals surface area contributed by atoms with E-state index in [2.05, 4.69) is 5.32 Å². The maximum absolute atomic E-state index is 11.9. The van der Waals surface area contributed by atoms with Crippen molar-refractivity contribution in [1.29, 1.82) is 0 Å². The molecular weight excluding hydrogens is 258 g/mol. The zero-order chi connectivity index (χ0) is 14.7. The van der Waals surface area contributed by atoms with Crippen molar-refractivity contribution in [3.8, 4) is 5.75 Å². The van der Waals surface area contributed by atoms with Gasteiger partial charge in [-0.05, 0) is 13.0 Å². The monoisotopic (exact) mass is 277 g/mol. The molecule has 0 aromatic heterocycles. The quantitative estimate of drug-likeness (QED) is 0.860. The number of benzene rings is 1. The van der Waals surface area contributed by atoms with Gasteiger partial charge in [-0.15, -0.1) is 0 Å². The van der Waals surface area contributed by atoms with Crippen molar-refractivity contribution in [2.24, 2.45) is 0 Å². The molecule has 1 aliphatic rings. The van der Waals surface area contributed by atoms with Gasteiger partial charge >= 0.3 is 6.03 Å². The third-order valence-electron chi connectivity index (χ3n) is 3.42. The Morgan fingerprint density at radius 2 is 2.10 bits per heavy atom. The van der Waals surface area contributed by atoms with Crippen LogP contribution in [0.1, 0.15) is 18.5 Å². The predicted octanol–water partition coefficient (Wildman–Crippen LogP) is 0.937. The van der Waals surface area contributed by atoms with Crippen LogP contribution < -0.4 is 5.32 Å². The number of aromatic hydroxyl groups is 1.